The zero-order valence-electron chi connectivity index (χ0n) is 15.2. The second kappa shape index (κ2) is 8.83. The van der Waals surface area contributed by atoms with Gasteiger partial charge in [0.1, 0.15) is 5.82 Å². The molecular formula is C23H33F. The minimum atomic E-state index is -0.126. The van der Waals surface area contributed by atoms with Crippen LogP contribution in [-0.4, -0.2) is 0 Å². The van der Waals surface area contributed by atoms with E-state index in [-0.39, 0.29) is 5.82 Å². The topological polar surface area (TPSA) is 0 Å². The number of hydrogen-bond acceptors (Lipinski definition) is 0. The summed E-state index contributed by atoms with van der Waals surface area (Å²) in [7, 11) is 0. The van der Waals surface area contributed by atoms with Crippen LogP contribution in [0, 0.1) is 29.5 Å². The Hall–Kier alpha value is -1.11. The molecule has 0 unspecified atom stereocenters. The molecule has 2 fully saturated rings. The zero-order chi connectivity index (χ0) is 16.8. The lowest BCUT2D eigenvalue weighted by Crippen LogP contribution is -2.15. The van der Waals surface area contributed by atoms with E-state index in [0.29, 0.717) is 0 Å². The summed E-state index contributed by atoms with van der Waals surface area (Å²) in [6.07, 6.45) is 18.6. The van der Waals surface area contributed by atoms with E-state index in [0.717, 1.165) is 30.1 Å². The number of aryl methyl sites for hydroxylation is 1. The van der Waals surface area contributed by atoms with Crippen molar-refractivity contribution in [3.8, 4) is 0 Å². The Morgan fingerprint density at radius 1 is 0.833 bits per heavy atom. The van der Waals surface area contributed by atoms with Gasteiger partial charge in [0.15, 0.2) is 0 Å². The van der Waals surface area contributed by atoms with Gasteiger partial charge in [0.05, 0.1) is 0 Å². The summed E-state index contributed by atoms with van der Waals surface area (Å²) < 4.78 is 12.9. The molecule has 0 nitrogen and oxygen atoms in total. The highest BCUT2D eigenvalue weighted by Gasteiger charge is 2.20. The van der Waals surface area contributed by atoms with Crippen molar-refractivity contribution in [2.45, 2.75) is 71.1 Å². The van der Waals surface area contributed by atoms with Gasteiger partial charge in [-0.1, -0.05) is 44.1 Å². The van der Waals surface area contributed by atoms with Gasteiger partial charge in [0, 0.05) is 0 Å². The van der Waals surface area contributed by atoms with Gasteiger partial charge in [-0.15, -0.1) is 0 Å². The zero-order valence-corrected chi connectivity index (χ0v) is 15.2. The first kappa shape index (κ1) is 17.7. The number of rotatable bonds is 5. The van der Waals surface area contributed by atoms with E-state index in [4.69, 9.17) is 0 Å². The fourth-order valence-electron chi connectivity index (χ4n) is 4.48. The van der Waals surface area contributed by atoms with Crippen molar-refractivity contribution < 1.29 is 4.39 Å². The van der Waals surface area contributed by atoms with Crippen LogP contribution in [0.2, 0.25) is 0 Å². The minimum Gasteiger partial charge on any atom is -0.207 e. The molecule has 1 aromatic carbocycles. The molecule has 0 heterocycles. The summed E-state index contributed by atoms with van der Waals surface area (Å²) in [5, 5.41) is 0. The van der Waals surface area contributed by atoms with E-state index in [2.05, 4.69) is 19.1 Å². The molecular weight excluding hydrogens is 295 g/mol. The SMILES string of the molecule is C[C@H]1CC[C@H](C=C[C@H]2CC[C@H](CCc3ccc(F)cc3)CC2)CC1. The molecule has 0 amide bonds. The van der Waals surface area contributed by atoms with E-state index in [1.165, 1.54) is 63.4 Å². The van der Waals surface area contributed by atoms with Crippen molar-refractivity contribution >= 4 is 0 Å². The fourth-order valence-corrected chi connectivity index (χ4v) is 4.48. The summed E-state index contributed by atoms with van der Waals surface area (Å²) >= 11 is 0. The van der Waals surface area contributed by atoms with Crippen LogP contribution in [0.3, 0.4) is 0 Å². The van der Waals surface area contributed by atoms with E-state index in [9.17, 15) is 4.39 Å². The molecule has 2 aliphatic carbocycles. The predicted octanol–water partition coefficient (Wildman–Crippen LogP) is 6.95. The van der Waals surface area contributed by atoms with Crippen molar-refractivity contribution in [3.63, 3.8) is 0 Å². The van der Waals surface area contributed by atoms with Gasteiger partial charge in [0.25, 0.3) is 0 Å². The van der Waals surface area contributed by atoms with Crippen molar-refractivity contribution in [3.05, 3.63) is 47.8 Å². The van der Waals surface area contributed by atoms with E-state index < -0.39 is 0 Å². The summed E-state index contributed by atoms with van der Waals surface area (Å²) in [6.45, 7) is 2.40. The molecule has 1 aromatic rings. The Bertz CT molecular complexity index is 499. The average molecular weight is 329 g/mol. The summed E-state index contributed by atoms with van der Waals surface area (Å²) in [5.74, 6) is 3.38. The first-order valence-corrected chi connectivity index (χ1v) is 10.1. The molecule has 0 spiro atoms. The molecule has 0 saturated heterocycles. The standard InChI is InChI=1S/C23H33F/c1-18-2-4-19(5-3-18)6-7-20-8-10-21(11-9-20)12-13-22-14-16-23(24)17-15-22/h6-7,14-21H,2-5,8-13H2,1H3/t18-,19-,20-,21-. The van der Waals surface area contributed by atoms with Gasteiger partial charge in [-0.2, -0.15) is 0 Å². The van der Waals surface area contributed by atoms with Gasteiger partial charge in [-0.25, -0.2) is 4.39 Å². The molecule has 0 atom stereocenters. The smallest absolute Gasteiger partial charge is 0.123 e. The van der Waals surface area contributed by atoms with Gasteiger partial charge in [0.2, 0.25) is 0 Å². The largest absolute Gasteiger partial charge is 0.207 e. The molecule has 2 aliphatic rings. The maximum Gasteiger partial charge on any atom is 0.123 e. The van der Waals surface area contributed by atoms with Gasteiger partial charge in [-0.05, 0) is 92.7 Å². The highest BCUT2D eigenvalue weighted by Crippen LogP contribution is 2.34. The Morgan fingerprint density at radius 2 is 1.38 bits per heavy atom. The number of hydrogen-bond donors (Lipinski definition) is 0. The lowest BCUT2D eigenvalue weighted by atomic mass is 9.78. The minimum absolute atomic E-state index is 0.126. The van der Waals surface area contributed by atoms with Crippen LogP contribution in [0.25, 0.3) is 0 Å². The molecule has 2 saturated carbocycles. The highest BCUT2D eigenvalue weighted by atomic mass is 19.1. The van der Waals surface area contributed by atoms with Crippen molar-refractivity contribution in [2.24, 2.45) is 23.7 Å². The monoisotopic (exact) mass is 328 g/mol. The third-order valence-electron chi connectivity index (χ3n) is 6.36. The number of halogens is 1. The Morgan fingerprint density at radius 3 is 1.96 bits per heavy atom. The van der Waals surface area contributed by atoms with Crippen LogP contribution < -0.4 is 0 Å². The van der Waals surface area contributed by atoms with Crippen LogP contribution in [0.15, 0.2) is 36.4 Å². The quantitative estimate of drug-likeness (QED) is 0.513. The molecule has 24 heavy (non-hydrogen) atoms. The highest BCUT2D eigenvalue weighted by molar-refractivity contribution is 5.16. The predicted molar refractivity (Wildman–Crippen MR) is 100 cm³/mol. The second-order valence-electron chi connectivity index (χ2n) is 8.35. The number of allylic oxidation sites excluding steroid dienone is 2. The summed E-state index contributed by atoms with van der Waals surface area (Å²) in [4.78, 5) is 0. The average Bonchev–Trinajstić information content (AvgIpc) is 2.62. The summed E-state index contributed by atoms with van der Waals surface area (Å²) in [5.41, 5.74) is 1.28. The molecule has 0 aromatic heterocycles. The second-order valence-corrected chi connectivity index (χ2v) is 8.35. The van der Waals surface area contributed by atoms with Crippen LogP contribution in [0.1, 0.15) is 70.3 Å². The number of benzene rings is 1. The molecule has 0 N–H and O–H groups in total. The fraction of sp³-hybridized carbons (Fsp3) is 0.652. The van der Waals surface area contributed by atoms with Crippen molar-refractivity contribution in [2.75, 3.05) is 0 Å². The molecule has 132 valence electrons. The van der Waals surface area contributed by atoms with Crippen LogP contribution in [-0.2, 0) is 6.42 Å². The van der Waals surface area contributed by atoms with Gasteiger partial charge < -0.3 is 0 Å². The molecule has 0 bridgehead atoms. The Labute approximate surface area is 147 Å². The van der Waals surface area contributed by atoms with Crippen LogP contribution in [0.4, 0.5) is 4.39 Å². The normalized spacial score (nSPS) is 31.4. The first-order chi connectivity index (χ1) is 11.7. The van der Waals surface area contributed by atoms with E-state index >= 15 is 0 Å². The molecule has 0 radical (unpaired) electrons. The van der Waals surface area contributed by atoms with Crippen molar-refractivity contribution in [1.82, 2.24) is 0 Å². The van der Waals surface area contributed by atoms with Gasteiger partial charge in [-0.3, -0.25) is 0 Å². The molecule has 3 rings (SSSR count). The molecule has 0 aliphatic heterocycles. The lowest BCUT2D eigenvalue weighted by molar-refractivity contribution is 0.293. The lowest BCUT2D eigenvalue weighted by Gasteiger charge is -2.28. The maximum absolute atomic E-state index is 12.9. The summed E-state index contributed by atoms with van der Waals surface area (Å²) in [6, 6.07) is 7.05. The first-order valence-electron chi connectivity index (χ1n) is 10.1. The van der Waals surface area contributed by atoms with Crippen LogP contribution >= 0.6 is 0 Å². The van der Waals surface area contributed by atoms with Crippen LogP contribution in [0.5, 0.6) is 0 Å². The maximum atomic E-state index is 12.9. The van der Waals surface area contributed by atoms with E-state index in [1.54, 1.807) is 12.1 Å². The molecule has 1 heteroatoms. The third-order valence-corrected chi connectivity index (χ3v) is 6.36. The van der Waals surface area contributed by atoms with Gasteiger partial charge >= 0.3 is 0 Å². The third kappa shape index (κ3) is 5.46. The Kier molecular flexibility index (Phi) is 6.51. The Balaban J connectivity index is 1.35. The van der Waals surface area contributed by atoms with E-state index in [1.807, 2.05) is 12.1 Å². The van der Waals surface area contributed by atoms with Crippen molar-refractivity contribution in [1.29, 1.82) is 0 Å².